The standard InChI is InChI=1S/C25H26FN7O5S2/c1-40(37,38)32-11-9-18(10-12-32)29-25-28-14-17-6-8-22(34)33(24(17)30-25)15-16-5-7-20(27-13-16)19-3-2-4-21(23(19)26)31-39(35)36/h2-8,13-14,18,31H,9-12,15H2,1H3,(H,35,36)(H,28,29,30). The maximum absolute atomic E-state index is 14.8. The molecule has 1 aliphatic heterocycles. The molecule has 4 aromatic rings. The second-order valence-electron chi connectivity index (χ2n) is 9.38. The Morgan fingerprint density at radius 3 is 2.55 bits per heavy atom. The highest BCUT2D eigenvalue weighted by Crippen LogP contribution is 2.27. The Bertz CT molecular complexity index is 1740. The minimum Gasteiger partial charge on any atom is -0.351 e. The summed E-state index contributed by atoms with van der Waals surface area (Å²) in [6.07, 6.45) is 5.56. The summed E-state index contributed by atoms with van der Waals surface area (Å²) in [6, 6.07) is 10.8. The second kappa shape index (κ2) is 11.4. The number of piperidine rings is 1. The monoisotopic (exact) mass is 587 g/mol. The summed E-state index contributed by atoms with van der Waals surface area (Å²) in [5, 5.41) is 3.92. The third-order valence-corrected chi connectivity index (χ3v) is 8.31. The first-order chi connectivity index (χ1) is 19.1. The van der Waals surface area contributed by atoms with Gasteiger partial charge in [-0.1, -0.05) is 12.1 Å². The first kappa shape index (κ1) is 27.8. The Kier molecular flexibility index (Phi) is 7.89. The van der Waals surface area contributed by atoms with Crippen LogP contribution in [0.1, 0.15) is 18.4 Å². The normalized spacial score (nSPS) is 15.7. The first-order valence-electron chi connectivity index (χ1n) is 12.3. The van der Waals surface area contributed by atoms with Gasteiger partial charge in [0.1, 0.15) is 5.65 Å². The number of hydrogen-bond donors (Lipinski definition) is 3. The highest BCUT2D eigenvalue weighted by Gasteiger charge is 2.25. The fourth-order valence-electron chi connectivity index (χ4n) is 4.57. The summed E-state index contributed by atoms with van der Waals surface area (Å²) in [5.41, 5.74) is 1.15. The molecule has 210 valence electrons. The lowest BCUT2D eigenvalue weighted by Crippen LogP contribution is -2.42. The number of benzene rings is 1. The highest BCUT2D eigenvalue weighted by atomic mass is 32.2. The molecular formula is C25H26FN7O5S2. The van der Waals surface area contributed by atoms with Crippen LogP contribution in [0.4, 0.5) is 16.0 Å². The van der Waals surface area contributed by atoms with Crippen LogP contribution in [0.15, 0.2) is 59.7 Å². The Morgan fingerprint density at radius 2 is 1.88 bits per heavy atom. The molecule has 1 atom stereocenters. The average molecular weight is 588 g/mol. The van der Waals surface area contributed by atoms with Crippen molar-refractivity contribution in [1.82, 2.24) is 23.8 Å². The molecular weight excluding hydrogens is 561 g/mol. The van der Waals surface area contributed by atoms with Gasteiger partial charge in [-0.3, -0.25) is 23.6 Å². The molecule has 1 aromatic carbocycles. The van der Waals surface area contributed by atoms with E-state index in [-0.39, 0.29) is 29.4 Å². The minimum absolute atomic E-state index is 0.0115. The molecule has 1 unspecified atom stereocenters. The van der Waals surface area contributed by atoms with E-state index in [0.29, 0.717) is 54.2 Å². The van der Waals surface area contributed by atoms with Gasteiger partial charge in [0.2, 0.25) is 16.0 Å². The molecule has 15 heteroatoms. The average Bonchev–Trinajstić information content (AvgIpc) is 2.92. The van der Waals surface area contributed by atoms with Gasteiger partial charge in [0.25, 0.3) is 16.8 Å². The number of aromatic nitrogens is 4. The number of hydrogen-bond acceptors (Lipinski definition) is 8. The van der Waals surface area contributed by atoms with Crippen LogP contribution in [0.3, 0.4) is 0 Å². The Hall–Kier alpha value is -3.79. The highest BCUT2D eigenvalue weighted by molar-refractivity contribution is 7.88. The molecule has 12 nitrogen and oxygen atoms in total. The molecule has 0 saturated carbocycles. The van der Waals surface area contributed by atoms with E-state index in [1.807, 2.05) is 0 Å². The van der Waals surface area contributed by atoms with Crippen molar-refractivity contribution in [2.75, 3.05) is 29.4 Å². The number of halogens is 1. The number of fused-ring (bicyclic) bond motifs is 1. The number of nitrogens with zero attached hydrogens (tertiary/aromatic N) is 5. The predicted octanol–water partition coefficient (Wildman–Crippen LogP) is 2.43. The first-order valence-corrected chi connectivity index (χ1v) is 15.2. The van der Waals surface area contributed by atoms with E-state index >= 15 is 0 Å². The molecule has 0 radical (unpaired) electrons. The lowest BCUT2D eigenvalue weighted by molar-refractivity contribution is 0.331. The van der Waals surface area contributed by atoms with E-state index in [1.54, 1.807) is 30.5 Å². The van der Waals surface area contributed by atoms with Gasteiger partial charge >= 0.3 is 0 Å². The smallest absolute Gasteiger partial charge is 0.259 e. The summed E-state index contributed by atoms with van der Waals surface area (Å²) in [5.74, 6) is -0.375. The molecule has 0 aliphatic carbocycles. The van der Waals surface area contributed by atoms with Gasteiger partial charge in [-0.2, -0.15) is 4.98 Å². The van der Waals surface area contributed by atoms with Crippen LogP contribution in [0.2, 0.25) is 0 Å². The SMILES string of the molecule is CS(=O)(=O)N1CCC(Nc2ncc3ccc(=O)n(Cc4ccc(-c5cccc(NS(=O)O)c5F)nc4)c3n2)CC1. The van der Waals surface area contributed by atoms with Crippen LogP contribution in [0.25, 0.3) is 22.3 Å². The van der Waals surface area contributed by atoms with E-state index < -0.39 is 27.1 Å². The van der Waals surface area contributed by atoms with Gasteiger partial charge in [-0.25, -0.2) is 26.3 Å². The molecule has 5 rings (SSSR count). The minimum atomic E-state index is -3.23. The molecule has 40 heavy (non-hydrogen) atoms. The number of anilines is 2. The lowest BCUT2D eigenvalue weighted by atomic mass is 10.1. The third kappa shape index (κ3) is 6.17. The second-order valence-corrected chi connectivity index (χ2v) is 12.1. The van der Waals surface area contributed by atoms with Crippen molar-refractivity contribution in [2.45, 2.75) is 25.4 Å². The third-order valence-electron chi connectivity index (χ3n) is 6.62. The van der Waals surface area contributed by atoms with Gasteiger partial charge < -0.3 is 5.32 Å². The molecule has 1 aliphatic rings. The molecule has 4 heterocycles. The lowest BCUT2D eigenvalue weighted by Gasteiger charge is -2.30. The van der Waals surface area contributed by atoms with Gasteiger partial charge in [0.15, 0.2) is 5.82 Å². The van der Waals surface area contributed by atoms with Crippen molar-refractivity contribution in [3.63, 3.8) is 0 Å². The van der Waals surface area contributed by atoms with E-state index in [2.05, 4.69) is 25.0 Å². The fourth-order valence-corrected chi connectivity index (χ4v) is 5.79. The van der Waals surface area contributed by atoms with Crippen LogP contribution in [-0.2, 0) is 27.8 Å². The van der Waals surface area contributed by atoms with Crippen LogP contribution in [-0.4, -0.2) is 66.4 Å². The van der Waals surface area contributed by atoms with Gasteiger partial charge in [0, 0.05) is 48.5 Å². The summed E-state index contributed by atoms with van der Waals surface area (Å²) >= 11 is -2.42. The van der Waals surface area contributed by atoms with E-state index in [9.17, 15) is 21.8 Å². The molecule has 1 saturated heterocycles. The zero-order chi connectivity index (χ0) is 28.4. The zero-order valence-electron chi connectivity index (χ0n) is 21.3. The molecule has 3 N–H and O–H groups in total. The van der Waals surface area contributed by atoms with Crippen molar-refractivity contribution >= 4 is 44.0 Å². The van der Waals surface area contributed by atoms with E-state index in [4.69, 9.17) is 4.55 Å². The van der Waals surface area contributed by atoms with Crippen molar-refractivity contribution < 1.29 is 21.6 Å². The number of rotatable bonds is 8. The van der Waals surface area contributed by atoms with Crippen LogP contribution < -0.4 is 15.6 Å². The van der Waals surface area contributed by atoms with Crippen LogP contribution in [0.5, 0.6) is 0 Å². The summed E-state index contributed by atoms with van der Waals surface area (Å²) in [6.45, 7) is 0.965. The molecule has 3 aromatic heterocycles. The largest absolute Gasteiger partial charge is 0.351 e. The van der Waals surface area contributed by atoms with Crippen molar-refractivity contribution in [3.8, 4) is 11.3 Å². The van der Waals surface area contributed by atoms with Gasteiger partial charge in [-0.05, 0) is 42.7 Å². The van der Waals surface area contributed by atoms with Gasteiger partial charge in [-0.15, -0.1) is 0 Å². The van der Waals surface area contributed by atoms with E-state index in [0.717, 1.165) is 0 Å². The van der Waals surface area contributed by atoms with E-state index in [1.165, 1.54) is 39.5 Å². The quantitative estimate of drug-likeness (QED) is 0.263. The Balaban J connectivity index is 1.36. The topological polar surface area (TPSA) is 159 Å². The number of sulfonamides is 1. The van der Waals surface area contributed by atoms with Crippen molar-refractivity contribution in [1.29, 1.82) is 0 Å². The summed E-state index contributed by atoms with van der Waals surface area (Å²) in [7, 11) is -3.23. The molecule has 0 bridgehead atoms. The summed E-state index contributed by atoms with van der Waals surface area (Å²) in [4.78, 5) is 26.1. The fraction of sp³-hybridized carbons (Fsp3) is 0.280. The Morgan fingerprint density at radius 1 is 1.10 bits per heavy atom. The number of nitrogens with one attached hydrogen (secondary N) is 2. The van der Waals surface area contributed by atoms with Crippen molar-refractivity contribution in [3.05, 3.63) is 76.6 Å². The maximum Gasteiger partial charge on any atom is 0.259 e. The van der Waals surface area contributed by atoms with Crippen molar-refractivity contribution in [2.24, 2.45) is 0 Å². The predicted molar refractivity (Wildman–Crippen MR) is 150 cm³/mol. The Labute approximate surface area is 231 Å². The molecule has 0 amide bonds. The van der Waals surface area contributed by atoms with Crippen LogP contribution >= 0.6 is 0 Å². The molecule has 1 fully saturated rings. The maximum atomic E-state index is 14.8. The van der Waals surface area contributed by atoms with Gasteiger partial charge in [0.05, 0.1) is 24.2 Å². The number of pyridine rings is 2. The van der Waals surface area contributed by atoms with Crippen LogP contribution in [0, 0.1) is 5.82 Å². The zero-order valence-corrected chi connectivity index (χ0v) is 23.0. The summed E-state index contributed by atoms with van der Waals surface area (Å²) < 4.78 is 63.5. The molecule has 0 spiro atoms.